The molecule has 0 fully saturated rings. The Kier molecular flexibility index (Phi) is 9.14. The van der Waals surface area contributed by atoms with Crippen LogP contribution in [0.1, 0.15) is 40.2 Å². The van der Waals surface area contributed by atoms with Crippen LogP contribution in [0.15, 0.2) is 149 Å². The molecule has 0 atom stereocenters. The first-order valence-electron chi connectivity index (χ1n) is 14.1. The molecule has 2 aromatic heterocycles. The average molecular weight is 619 g/mol. The van der Waals surface area contributed by atoms with E-state index in [2.05, 4.69) is 22.8 Å². The molecule has 9 heteroatoms. The highest BCUT2D eigenvalue weighted by atomic mass is 32.2. The summed E-state index contributed by atoms with van der Waals surface area (Å²) in [5.41, 5.74) is 4.20. The van der Waals surface area contributed by atoms with Crippen molar-refractivity contribution in [1.29, 1.82) is 0 Å². The normalized spacial score (nSPS) is 11.2. The molecule has 44 heavy (non-hydrogen) atoms. The van der Waals surface area contributed by atoms with Crippen LogP contribution in [-0.2, 0) is 12.8 Å². The second-order valence-electron chi connectivity index (χ2n) is 10.1. The molecule has 7 nitrogen and oxygen atoms in total. The fraction of sp³-hybridized carbons (Fsp3) is 0.114. The number of hydrogen-bond acceptors (Lipinski definition) is 7. The minimum absolute atomic E-state index is 0.174. The summed E-state index contributed by atoms with van der Waals surface area (Å²) in [6, 6.07) is 41.3. The van der Waals surface area contributed by atoms with Gasteiger partial charge in [0.15, 0.2) is 22.2 Å². The molecule has 2 heterocycles. The van der Waals surface area contributed by atoms with Gasteiger partial charge < -0.3 is 14.1 Å². The molecular formula is C35H30N4O3S2. The Balaban J connectivity index is 1.42. The van der Waals surface area contributed by atoms with Crippen molar-refractivity contribution >= 4 is 24.4 Å². The van der Waals surface area contributed by atoms with Gasteiger partial charge in [0.05, 0.1) is 11.9 Å². The molecule has 0 N–H and O–H groups in total. The Morgan fingerprint density at radius 1 is 0.727 bits per heavy atom. The number of pyridine rings is 1. The lowest BCUT2D eigenvalue weighted by Gasteiger charge is -2.25. The van der Waals surface area contributed by atoms with Gasteiger partial charge in [-0.1, -0.05) is 133 Å². The van der Waals surface area contributed by atoms with Gasteiger partial charge >= 0.3 is 0 Å². The topological polar surface area (TPSA) is 71.2 Å². The van der Waals surface area contributed by atoms with Gasteiger partial charge in [0.25, 0.3) is 0 Å². The minimum atomic E-state index is -0.495. The van der Waals surface area contributed by atoms with Gasteiger partial charge in [-0.05, 0) is 22.3 Å². The lowest BCUT2D eigenvalue weighted by Crippen LogP contribution is -2.25. The van der Waals surface area contributed by atoms with Crippen LogP contribution in [0.3, 0.4) is 0 Å². The molecule has 0 aliphatic heterocycles. The van der Waals surface area contributed by atoms with Crippen molar-refractivity contribution in [2.45, 2.75) is 28.3 Å². The molecule has 0 radical (unpaired) electrons. The molecule has 4 aromatic carbocycles. The summed E-state index contributed by atoms with van der Waals surface area (Å²) in [5, 5.41) is 9.42. The van der Waals surface area contributed by atoms with Crippen LogP contribution in [-0.4, -0.2) is 19.5 Å². The molecule has 0 saturated heterocycles. The number of ether oxygens (including phenoxy) is 1. The quantitative estimate of drug-likeness (QED) is 0.125. The Hall–Kier alpha value is -4.73. The summed E-state index contributed by atoms with van der Waals surface area (Å²) < 4.78 is 9.97. The lowest BCUT2D eigenvalue weighted by molar-refractivity contribution is 0.0528. The number of benzene rings is 4. The zero-order valence-electron chi connectivity index (χ0n) is 23.9. The smallest absolute Gasteiger partial charge is 0.223 e. The zero-order valence-corrected chi connectivity index (χ0v) is 25.6. The van der Waals surface area contributed by atoms with Crippen LogP contribution < -0.4 is 15.0 Å². The van der Waals surface area contributed by atoms with Gasteiger partial charge in [-0.3, -0.25) is 4.79 Å². The van der Waals surface area contributed by atoms with Crippen molar-refractivity contribution in [2.24, 2.45) is 7.05 Å². The predicted octanol–water partition coefficient (Wildman–Crippen LogP) is 6.94. The van der Waals surface area contributed by atoms with Crippen LogP contribution in [0, 0.1) is 0 Å². The van der Waals surface area contributed by atoms with E-state index in [1.165, 1.54) is 11.8 Å². The van der Waals surface area contributed by atoms with E-state index in [4.69, 9.17) is 9.57 Å². The number of aromatic nitrogens is 4. The summed E-state index contributed by atoms with van der Waals surface area (Å²) in [4.78, 5) is 20.4. The average Bonchev–Trinajstić information content (AvgIpc) is 3.40. The SMILES string of the molecule is Cn1c(S)nnc1SCc1cc(=O)c(OC(c2ccccc2)c2ccccc2)cn1OC(c1ccccc1)c1ccccc1. The van der Waals surface area contributed by atoms with Crippen molar-refractivity contribution < 1.29 is 9.57 Å². The third kappa shape index (κ3) is 6.74. The maximum absolute atomic E-state index is 13.6. The highest BCUT2D eigenvalue weighted by Crippen LogP contribution is 2.30. The molecular weight excluding hydrogens is 589 g/mol. The first-order valence-corrected chi connectivity index (χ1v) is 15.5. The van der Waals surface area contributed by atoms with E-state index < -0.39 is 12.2 Å². The number of thioether (sulfide) groups is 1. The van der Waals surface area contributed by atoms with E-state index in [-0.39, 0.29) is 11.2 Å². The van der Waals surface area contributed by atoms with Gasteiger partial charge in [0.1, 0.15) is 6.10 Å². The van der Waals surface area contributed by atoms with Crippen molar-refractivity contribution in [2.75, 3.05) is 0 Å². The summed E-state index contributed by atoms with van der Waals surface area (Å²) in [6.45, 7) is 0. The van der Waals surface area contributed by atoms with Crippen LogP contribution in [0.2, 0.25) is 0 Å². The molecule has 220 valence electrons. The molecule has 6 rings (SSSR count). The number of hydrogen-bond donors (Lipinski definition) is 1. The molecule has 0 spiro atoms. The lowest BCUT2D eigenvalue weighted by atomic mass is 10.0. The molecule has 0 aliphatic rings. The molecule has 0 bridgehead atoms. The fourth-order valence-electron chi connectivity index (χ4n) is 4.80. The van der Waals surface area contributed by atoms with Gasteiger partial charge in [0, 0.05) is 18.9 Å². The summed E-state index contributed by atoms with van der Waals surface area (Å²) in [5.74, 6) is 0.569. The van der Waals surface area contributed by atoms with Gasteiger partial charge in [-0.2, -0.15) is 4.73 Å². The highest BCUT2D eigenvalue weighted by molar-refractivity contribution is 7.98. The van der Waals surface area contributed by atoms with Gasteiger partial charge in [0.2, 0.25) is 5.43 Å². The second kappa shape index (κ2) is 13.7. The molecule has 0 amide bonds. The van der Waals surface area contributed by atoms with Gasteiger partial charge in [-0.25, -0.2) is 0 Å². The van der Waals surface area contributed by atoms with Crippen LogP contribution >= 0.6 is 24.4 Å². The Bertz CT molecular complexity index is 1790. The third-order valence-corrected chi connectivity index (χ3v) is 8.54. The van der Waals surface area contributed by atoms with Crippen LogP contribution in [0.5, 0.6) is 5.75 Å². The maximum Gasteiger partial charge on any atom is 0.223 e. The summed E-state index contributed by atoms with van der Waals surface area (Å²) >= 11 is 5.78. The summed E-state index contributed by atoms with van der Waals surface area (Å²) in [6.07, 6.45) is 0.705. The molecule has 6 aromatic rings. The Morgan fingerprint density at radius 3 is 1.66 bits per heavy atom. The van der Waals surface area contributed by atoms with E-state index in [0.717, 1.165) is 22.3 Å². The third-order valence-electron chi connectivity index (χ3n) is 7.09. The van der Waals surface area contributed by atoms with E-state index in [9.17, 15) is 4.79 Å². The van der Waals surface area contributed by atoms with E-state index >= 15 is 0 Å². The predicted molar refractivity (Wildman–Crippen MR) is 175 cm³/mol. The number of nitrogens with zero attached hydrogens (tertiary/aromatic N) is 4. The first kappa shape index (κ1) is 29.3. The minimum Gasteiger partial charge on any atom is -0.475 e. The van der Waals surface area contributed by atoms with E-state index in [0.29, 0.717) is 21.8 Å². The maximum atomic E-state index is 13.6. The molecule has 0 saturated carbocycles. The Morgan fingerprint density at radius 2 is 1.20 bits per heavy atom. The van der Waals surface area contributed by atoms with E-state index in [1.54, 1.807) is 21.6 Å². The first-order chi connectivity index (χ1) is 21.6. The second-order valence-corrected chi connectivity index (χ2v) is 11.4. The van der Waals surface area contributed by atoms with Crippen LogP contribution in [0.4, 0.5) is 0 Å². The Labute approximate surface area is 265 Å². The monoisotopic (exact) mass is 618 g/mol. The molecule has 0 unspecified atom stereocenters. The fourth-order valence-corrected chi connectivity index (χ4v) is 5.87. The number of rotatable bonds is 11. The largest absolute Gasteiger partial charge is 0.475 e. The summed E-state index contributed by atoms with van der Waals surface area (Å²) in [7, 11) is 1.85. The van der Waals surface area contributed by atoms with Crippen molar-refractivity contribution in [3.05, 3.63) is 172 Å². The zero-order chi connectivity index (χ0) is 30.3. The van der Waals surface area contributed by atoms with E-state index in [1.807, 2.05) is 128 Å². The highest BCUT2D eigenvalue weighted by Gasteiger charge is 2.22. The van der Waals surface area contributed by atoms with Crippen LogP contribution in [0.25, 0.3) is 0 Å². The van der Waals surface area contributed by atoms with Crippen molar-refractivity contribution in [3.8, 4) is 5.75 Å². The standard InChI is InChI=1S/C35H30N4O3S2/c1-38-34(43)36-37-35(38)44-24-29-22-30(40)31(41-32(25-14-6-2-7-15-25)26-16-8-3-9-17-26)23-39(29)42-33(27-18-10-4-11-19-27)28-20-12-5-13-21-28/h2-23,32-33H,24H2,1H3,(H,36,43). The van der Waals surface area contributed by atoms with Crippen molar-refractivity contribution in [1.82, 2.24) is 19.5 Å². The molecule has 0 aliphatic carbocycles. The van der Waals surface area contributed by atoms with Crippen molar-refractivity contribution in [3.63, 3.8) is 0 Å². The number of thiol groups is 1. The van der Waals surface area contributed by atoms with Gasteiger partial charge in [-0.15, -0.1) is 22.8 Å².